The van der Waals surface area contributed by atoms with Crippen LogP contribution in [-0.4, -0.2) is 18.7 Å². The van der Waals surface area contributed by atoms with Crippen molar-refractivity contribution in [1.82, 2.24) is 4.57 Å². The van der Waals surface area contributed by atoms with Gasteiger partial charge in [0.05, 0.1) is 5.52 Å². The number of hydrogen-bond donors (Lipinski definition) is 0. The number of aryl methyl sites for hydroxylation is 1. The van der Waals surface area contributed by atoms with Crippen LogP contribution < -0.4 is 10.5 Å². The Morgan fingerprint density at radius 2 is 1.73 bits per heavy atom. The second kappa shape index (κ2) is 5.68. The fourth-order valence-electron chi connectivity index (χ4n) is 2.78. The zero-order valence-electron chi connectivity index (χ0n) is 13.2. The Balaban J connectivity index is 2.33. The van der Waals surface area contributed by atoms with Crippen LogP contribution in [-0.2, 0) is 6.54 Å². The van der Waals surface area contributed by atoms with Crippen molar-refractivity contribution in [2.24, 2.45) is 0 Å². The van der Waals surface area contributed by atoms with E-state index in [1.807, 2.05) is 62.0 Å². The highest BCUT2D eigenvalue weighted by atomic mass is 16.1. The lowest BCUT2D eigenvalue weighted by Crippen LogP contribution is -2.21. The van der Waals surface area contributed by atoms with Crippen LogP contribution in [0.5, 0.6) is 0 Å². The van der Waals surface area contributed by atoms with Crippen molar-refractivity contribution in [2.45, 2.75) is 13.5 Å². The number of nitrogens with zero attached hydrogens (tertiary/aromatic N) is 2. The molecule has 0 aliphatic carbocycles. The molecule has 3 heteroatoms. The summed E-state index contributed by atoms with van der Waals surface area (Å²) in [5.74, 6) is 0. The fraction of sp³-hybridized carbons (Fsp3) is 0.211. The van der Waals surface area contributed by atoms with Gasteiger partial charge in [-0.05, 0) is 36.1 Å². The number of fused-ring (bicyclic) bond motifs is 1. The topological polar surface area (TPSA) is 25.2 Å². The summed E-state index contributed by atoms with van der Waals surface area (Å²) < 4.78 is 1.85. The lowest BCUT2D eigenvalue weighted by atomic mass is 10.0. The van der Waals surface area contributed by atoms with Gasteiger partial charge in [0, 0.05) is 31.9 Å². The van der Waals surface area contributed by atoms with Crippen molar-refractivity contribution in [3.05, 3.63) is 65.0 Å². The lowest BCUT2D eigenvalue weighted by Gasteiger charge is -2.16. The van der Waals surface area contributed by atoms with Gasteiger partial charge in [-0.2, -0.15) is 0 Å². The van der Waals surface area contributed by atoms with E-state index in [0.717, 1.165) is 27.7 Å². The zero-order chi connectivity index (χ0) is 15.7. The van der Waals surface area contributed by atoms with Crippen LogP contribution in [0.15, 0.2) is 59.4 Å². The van der Waals surface area contributed by atoms with Gasteiger partial charge in [-0.1, -0.05) is 36.4 Å². The van der Waals surface area contributed by atoms with Crippen LogP contribution in [0, 0.1) is 0 Å². The third-order valence-electron chi connectivity index (χ3n) is 4.00. The third-order valence-corrected chi connectivity index (χ3v) is 4.00. The Morgan fingerprint density at radius 3 is 2.36 bits per heavy atom. The standard InChI is InChI=1S/C19H20N2O/c1-4-21-18-13-16(20(2)3)11-10-15(18)12-17(19(21)22)14-8-6-5-7-9-14/h5-13H,4H2,1-3H3. The van der Waals surface area contributed by atoms with Crippen LogP contribution in [0.3, 0.4) is 0 Å². The van der Waals surface area contributed by atoms with Gasteiger partial charge in [-0.25, -0.2) is 0 Å². The fourth-order valence-corrected chi connectivity index (χ4v) is 2.78. The van der Waals surface area contributed by atoms with Crippen LogP contribution >= 0.6 is 0 Å². The Bertz CT molecular complexity index is 864. The van der Waals surface area contributed by atoms with E-state index in [-0.39, 0.29) is 5.56 Å². The molecule has 22 heavy (non-hydrogen) atoms. The summed E-state index contributed by atoms with van der Waals surface area (Å²) in [6.07, 6.45) is 0. The first-order chi connectivity index (χ1) is 10.6. The second-order valence-corrected chi connectivity index (χ2v) is 5.61. The maximum Gasteiger partial charge on any atom is 0.258 e. The van der Waals surface area contributed by atoms with E-state index < -0.39 is 0 Å². The zero-order valence-corrected chi connectivity index (χ0v) is 13.2. The van der Waals surface area contributed by atoms with Crippen LogP contribution in [0.25, 0.3) is 22.0 Å². The number of anilines is 1. The summed E-state index contributed by atoms with van der Waals surface area (Å²) in [6, 6.07) is 18.1. The summed E-state index contributed by atoms with van der Waals surface area (Å²) >= 11 is 0. The van der Waals surface area contributed by atoms with Crippen molar-refractivity contribution in [3.8, 4) is 11.1 Å². The molecule has 0 fully saturated rings. The SMILES string of the molecule is CCn1c(=O)c(-c2ccccc2)cc2ccc(N(C)C)cc21. The number of benzene rings is 2. The van der Waals surface area contributed by atoms with E-state index in [1.54, 1.807) is 0 Å². The molecule has 0 spiro atoms. The van der Waals surface area contributed by atoms with Gasteiger partial charge in [0.25, 0.3) is 5.56 Å². The van der Waals surface area contributed by atoms with E-state index in [2.05, 4.69) is 23.1 Å². The minimum Gasteiger partial charge on any atom is -0.378 e. The molecule has 1 heterocycles. The molecule has 2 aromatic carbocycles. The normalized spacial score (nSPS) is 10.9. The number of pyridine rings is 1. The molecule has 0 aliphatic rings. The van der Waals surface area contributed by atoms with Crippen LogP contribution in [0.4, 0.5) is 5.69 Å². The predicted octanol–water partition coefficient (Wildman–Crippen LogP) is 3.75. The molecule has 0 unspecified atom stereocenters. The molecule has 0 saturated heterocycles. The largest absolute Gasteiger partial charge is 0.378 e. The van der Waals surface area contributed by atoms with Crippen molar-refractivity contribution >= 4 is 16.6 Å². The smallest absolute Gasteiger partial charge is 0.258 e. The summed E-state index contributed by atoms with van der Waals surface area (Å²) in [6.45, 7) is 2.67. The summed E-state index contributed by atoms with van der Waals surface area (Å²) in [4.78, 5) is 14.9. The lowest BCUT2D eigenvalue weighted by molar-refractivity contribution is 0.761. The average molecular weight is 292 g/mol. The molecule has 0 N–H and O–H groups in total. The van der Waals surface area contributed by atoms with E-state index in [4.69, 9.17) is 0 Å². The van der Waals surface area contributed by atoms with Crippen molar-refractivity contribution < 1.29 is 0 Å². The Labute approximate surface area is 130 Å². The van der Waals surface area contributed by atoms with Crippen LogP contribution in [0.2, 0.25) is 0 Å². The highest BCUT2D eigenvalue weighted by molar-refractivity contribution is 5.86. The van der Waals surface area contributed by atoms with Crippen molar-refractivity contribution in [3.63, 3.8) is 0 Å². The first-order valence-electron chi connectivity index (χ1n) is 7.52. The van der Waals surface area contributed by atoms with E-state index >= 15 is 0 Å². The average Bonchev–Trinajstić information content (AvgIpc) is 2.54. The molecule has 0 saturated carbocycles. The van der Waals surface area contributed by atoms with Gasteiger partial charge in [0.1, 0.15) is 0 Å². The summed E-state index contributed by atoms with van der Waals surface area (Å²) in [5.41, 5.74) is 3.87. The maximum absolute atomic E-state index is 12.8. The van der Waals surface area contributed by atoms with Gasteiger partial charge < -0.3 is 9.47 Å². The molecular weight excluding hydrogens is 272 g/mol. The van der Waals surface area contributed by atoms with Gasteiger partial charge in [0.2, 0.25) is 0 Å². The molecule has 1 aromatic heterocycles. The molecule has 3 nitrogen and oxygen atoms in total. The Kier molecular flexibility index (Phi) is 3.72. The van der Waals surface area contributed by atoms with E-state index in [9.17, 15) is 4.79 Å². The van der Waals surface area contributed by atoms with Gasteiger partial charge >= 0.3 is 0 Å². The molecule has 112 valence electrons. The third kappa shape index (κ3) is 2.39. The first-order valence-corrected chi connectivity index (χ1v) is 7.52. The summed E-state index contributed by atoms with van der Waals surface area (Å²) in [7, 11) is 4.02. The molecular formula is C19H20N2O. The quantitative estimate of drug-likeness (QED) is 0.734. The highest BCUT2D eigenvalue weighted by Crippen LogP contribution is 2.24. The van der Waals surface area contributed by atoms with E-state index in [0.29, 0.717) is 6.54 Å². The molecule has 0 atom stereocenters. The molecule has 3 rings (SSSR count). The molecule has 0 amide bonds. The van der Waals surface area contributed by atoms with Crippen molar-refractivity contribution in [2.75, 3.05) is 19.0 Å². The molecule has 0 aliphatic heterocycles. The van der Waals surface area contributed by atoms with Gasteiger partial charge in [0.15, 0.2) is 0 Å². The Hall–Kier alpha value is -2.55. The van der Waals surface area contributed by atoms with Gasteiger partial charge in [-0.3, -0.25) is 4.79 Å². The highest BCUT2D eigenvalue weighted by Gasteiger charge is 2.10. The Morgan fingerprint density at radius 1 is 1.00 bits per heavy atom. The second-order valence-electron chi connectivity index (χ2n) is 5.61. The number of rotatable bonds is 3. The number of aromatic nitrogens is 1. The van der Waals surface area contributed by atoms with Gasteiger partial charge in [-0.15, -0.1) is 0 Å². The minimum absolute atomic E-state index is 0.0668. The molecule has 3 aromatic rings. The monoisotopic (exact) mass is 292 g/mol. The van der Waals surface area contributed by atoms with Crippen molar-refractivity contribution in [1.29, 1.82) is 0 Å². The van der Waals surface area contributed by atoms with E-state index in [1.165, 1.54) is 0 Å². The first kappa shape index (κ1) is 14.4. The summed E-state index contributed by atoms with van der Waals surface area (Å²) in [5, 5.41) is 1.09. The number of hydrogen-bond acceptors (Lipinski definition) is 2. The minimum atomic E-state index is 0.0668. The molecule has 0 radical (unpaired) electrons. The predicted molar refractivity (Wildman–Crippen MR) is 93.6 cm³/mol. The van der Waals surface area contributed by atoms with Crippen LogP contribution in [0.1, 0.15) is 6.92 Å². The molecule has 0 bridgehead atoms. The maximum atomic E-state index is 12.8.